The number of amides is 1. The van der Waals surface area contributed by atoms with Crippen molar-refractivity contribution in [3.63, 3.8) is 0 Å². The number of nitrogens with two attached hydrogens (primary N) is 1. The summed E-state index contributed by atoms with van der Waals surface area (Å²) in [7, 11) is 0. The lowest BCUT2D eigenvalue weighted by Crippen LogP contribution is -2.25. The van der Waals surface area contributed by atoms with Crippen LogP contribution in [0.1, 0.15) is 12.5 Å². The van der Waals surface area contributed by atoms with Crippen LogP contribution in [0.25, 0.3) is 11.1 Å². The minimum absolute atomic E-state index is 0.0411. The molecule has 4 heteroatoms. The number of carbonyl (C=O) groups excluding carboxylic acids is 1. The summed E-state index contributed by atoms with van der Waals surface area (Å²) in [6.07, 6.45) is 0. The first-order valence-corrected chi connectivity index (χ1v) is 6.38. The van der Waals surface area contributed by atoms with Gasteiger partial charge in [-0.15, -0.1) is 0 Å². The van der Waals surface area contributed by atoms with E-state index < -0.39 is 5.91 Å². The lowest BCUT2D eigenvalue weighted by atomic mass is 10.0. The zero-order chi connectivity index (χ0) is 14.4. The van der Waals surface area contributed by atoms with Gasteiger partial charge in [-0.25, -0.2) is 0 Å². The smallest absolute Gasteiger partial charge is 0.238 e. The molecule has 0 aliphatic heterocycles. The van der Waals surface area contributed by atoms with Crippen molar-refractivity contribution >= 4 is 11.6 Å². The first kappa shape index (κ1) is 13.8. The minimum atomic E-state index is -0.430. The van der Waals surface area contributed by atoms with Crippen molar-refractivity contribution in [2.24, 2.45) is 10.8 Å². The monoisotopic (exact) mass is 267 g/mol. The Hall–Kier alpha value is -2.62. The van der Waals surface area contributed by atoms with E-state index >= 15 is 0 Å². The Morgan fingerprint density at radius 2 is 1.65 bits per heavy atom. The van der Waals surface area contributed by atoms with Crippen LogP contribution in [-0.2, 0) is 4.79 Å². The van der Waals surface area contributed by atoms with E-state index in [1.54, 1.807) is 0 Å². The molecule has 4 nitrogen and oxygen atoms in total. The van der Waals surface area contributed by atoms with Crippen LogP contribution in [0.15, 0.2) is 59.7 Å². The SMILES string of the molecule is CC(=NNCC(N)=O)c1ccc(-c2ccccc2)cc1. The maximum Gasteiger partial charge on any atom is 0.238 e. The molecule has 2 aromatic carbocycles. The fourth-order valence-corrected chi connectivity index (χ4v) is 1.84. The highest BCUT2D eigenvalue weighted by molar-refractivity contribution is 5.99. The number of hydrogen-bond acceptors (Lipinski definition) is 3. The van der Waals surface area contributed by atoms with Crippen LogP contribution in [0, 0.1) is 0 Å². The van der Waals surface area contributed by atoms with Gasteiger partial charge < -0.3 is 11.2 Å². The Morgan fingerprint density at radius 1 is 1.05 bits per heavy atom. The Labute approximate surface area is 118 Å². The molecule has 0 spiro atoms. The maximum absolute atomic E-state index is 10.6. The van der Waals surface area contributed by atoms with Crippen molar-refractivity contribution in [1.82, 2.24) is 5.43 Å². The highest BCUT2D eigenvalue weighted by atomic mass is 16.1. The molecule has 0 saturated heterocycles. The van der Waals surface area contributed by atoms with Crippen LogP contribution in [0.3, 0.4) is 0 Å². The van der Waals surface area contributed by atoms with Crippen LogP contribution in [-0.4, -0.2) is 18.2 Å². The average molecular weight is 267 g/mol. The molecule has 0 atom stereocenters. The molecule has 0 saturated carbocycles. The van der Waals surface area contributed by atoms with E-state index in [2.05, 4.69) is 34.8 Å². The van der Waals surface area contributed by atoms with Gasteiger partial charge in [0.25, 0.3) is 0 Å². The summed E-state index contributed by atoms with van der Waals surface area (Å²) in [5, 5.41) is 4.10. The fraction of sp³-hybridized carbons (Fsp3) is 0.125. The molecule has 102 valence electrons. The predicted octanol–water partition coefficient (Wildman–Crippen LogP) is 2.15. The minimum Gasteiger partial charge on any atom is -0.368 e. The van der Waals surface area contributed by atoms with E-state index in [1.807, 2.05) is 37.3 Å². The number of hydrazone groups is 1. The summed E-state index contributed by atoms with van der Waals surface area (Å²) in [5.74, 6) is -0.430. The number of hydrogen-bond donors (Lipinski definition) is 2. The molecule has 3 N–H and O–H groups in total. The summed E-state index contributed by atoms with van der Waals surface area (Å²) in [6, 6.07) is 18.3. The standard InChI is InChI=1S/C16H17N3O/c1-12(19-18-11-16(17)20)13-7-9-15(10-8-13)14-5-3-2-4-6-14/h2-10,18H,11H2,1H3,(H2,17,20). The van der Waals surface area contributed by atoms with E-state index in [9.17, 15) is 4.79 Å². The molecule has 0 radical (unpaired) electrons. The summed E-state index contributed by atoms with van der Waals surface area (Å²) in [6.45, 7) is 1.92. The topological polar surface area (TPSA) is 67.5 Å². The molecule has 0 bridgehead atoms. The quantitative estimate of drug-likeness (QED) is 0.644. The highest BCUT2D eigenvalue weighted by Gasteiger charge is 2.00. The fourth-order valence-electron chi connectivity index (χ4n) is 1.84. The van der Waals surface area contributed by atoms with Crippen LogP contribution in [0.4, 0.5) is 0 Å². The van der Waals surface area contributed by atoms with Gasteiger partial charge in [0.2, 0.25) is 5.91 Å². The van der Waals surface area contributed by atoms with E-state index in [0.29, 0.717) is 0 Å². The molecule has 0 fully saturated rings. The van der Waals surface area contributed by atoms with Crippen molar-refractivity contribution in [2.75, 3.05) is 6.54 Å². The lowest BCUT2D eigenvalue weighted by Gasteiger charge is -2.05. The van der Waals surface area contributed by atoms with Gasteiger partial charge in [0, 0.05) is 0 Å². The Kier molecular flexibility index (Phi) is 4.50. The summed E-state index contributed by atoms with van der Waals surface area (Å²) in [5.41, 5.74) is 11.8. The Balaban J connectivity index is 2.10. The second-order valence-electron chi connectivity index (χ2n) is 4.44. The van der Waals surface area contributed by atoms with Gasteiger partial charge in [-0.1, -0.05) is 54.6 Å². The molecular formula is C16H17N3O. The highest BCUT2D eigenvalue weighted by Crippen LogP contribution is 2.19. The number of benzene rings is 2. The zero-order valence-electron chi connectivity index (χ0n) is 11.3. The molecule has 0 aliphatic carbocycles. The van der Waals surface area contributed by atoms with Crippen LogP contribution >= 0.6 is 0 Å². The average Bonchev–Trinajstić information content (AvgIpc) is 2.48. The first-order chi connectivity index (χ1) is 9.66. The van der Waals surface area contributed by atoms with Crippen LogP contribution < -0.4 is 11.2 Å². The molecule has 2 aromatic rings. The molecular weight excluding hydrogens is 250 g/mol. The van der Waals surface area contributed by atoms with Gasteiger partial charge in [0.15, 0.2) is 0 Å². The lowest BCUT2D eigenvalue weighted by molar-refractivity contribution is -0.117. The van der Waals surface area contributed by atoms with Gasteiger partial charge in [-0.2, -0.15) is 5.10 Å². The van der Waals surface area contributed by atoms with Gasteiger partial charge in [0.1, 0.15) is 6.54 Å². The second kappa shape index (κ2) is 6.52. The molecule has 2 rings (SSSR count). The molecule has 1 amide bonds. The van der Waals surface area contributed by atoms with E-state index in [-0.39, 0.29) is 6.54 Å². The molecule has 0 unspecified atom stereocenters. The third-order valence-electron chi connectivity index (χ3n) is 2.91. The number of primary amides is 1. The third kappa shape index (κ3) is 3.68. The van der Waals surface area contributed by atoms with Gasteiger partial charge >= 0.3 is 0 Å². The van der Waals surface area contributed by atoms with Crippen molar-refractivity contribution < 1.29 is 4.79 Å². The van der Waals surface area contributed by atoms with E-state index in [1.165, 1.54) is 5.56 Å². The van der Waals surface area contributed by atoms with E-state index in [0.717, 1.165) is 16.8 Å². The van der Waals surface area contributed by atoms with Crippen molar-refractivity contribution in [3.8, 4) is 11.1 Å². The molecule has 0 heterocycles. The zero-order valence-corrected chi connectivity index (χ0v) is 11.3. The van der Waals surface area contributed by atoms with Crippen LogP contribution in [0.2, 0.25) is 0 Å². The van der Waals surface area contributed by atoms with Gasteiger partial charge in [-0.05, 0) is 23.6 Å². The molecule has 0 aromatic heterocycles. The van der Waals surface area contributed by atoms with Gasteiger partial charge in [-0.3, -0.25) is 4.79 Å². The first-order valence-electron chi connectivity index (χ1n) is 6.38. The van der Waals surface area contributed by atoms with E-state index in [4.69, 9.17) is 5.73 Å². The van der Waals surface area contributed by atoms with Gasteiger partial charge in [0.05, 0.1) is 5.71 Å². The number of nitrogens with zero attached hydrogens (tertiary/aromatic N) is 1. The van der Waals surface area contributed by atoms with Crippen LogP contribution in [0.5, 0.6) is 0 Å². The van der Waals surface area contributed by atoms with Crippen molar-refractivity contribution in [2.45, 2.75) is 6.92 Å². The summed E-state index contributed by atoms with van der Waals surface area (Å²) < 4.78 is 0. The predicted molar refractivity (Wildman–Crippen MR) is 81.3 cm³/mol. The Bertz CT molecular complexity index is 603. The summed E-state index contributed by atoms with van der Waals surface area (Å²) in [4.78, 5) is 10.6. The molecule has 0 aliphatic rings. The third-order valence-corrected chi connectivity index (χ3v) is 2.91. The van der Waals surface area contributed by atoms with Crippen molar-refractivity contribution in [1.29, 1.82) is 0 Å². The number of carbonyl (C=O) groups is 1. The number of nitrogens with one attached hydrogen (secondary N) is 1. The second-order valence-corrected chi connectivity index (χ2v) is 4.44. The Morgan fingerprint density at radius 3 is 2.25 bits per heavy atom. The van der Waals surface area contributed by atoms with Crippen molar-refractivity contribution in [3.05, 3.63) is 60.2 Å². The number of rotatable bonds is 5. The normalized spacial score (nSPS) is 11.2. The largest absolute Gasteiger partial charge is 0.368 e. The summed E-state index contributed by atoms with van der Waals surface area (Å²) >= 11 is 0. The molecule has 20 heavy (non-hydrogen) atoms. The maximum atomic E-state index is 10.6.